The molecule has 174 valence electrons. The molecule has 10 heteroatoms. The summed E-state index contributed by atoms with van der Waals surface area (Å²) in [7, 11) is 0. The third-order valence-corrected chi connectivity index (χ3v) is 7.34. The molecule has 1 aromatic heterocycles. The van der Waals surface area contributed by atoms with Crippen LogP contribution in [-0.2, 0) is 22.7 Å². The lowest BCUT2D eigenvalue weighted by Crippen LogP contribution is -2.51. The molecule has 33 heavy (non-hydrogen) atoms. The molecule has 0 saturated carbocycles. The van der Waals surface area contributed by atoms with E-state index in [-0.39, 0.29) is 23.2 Å². The van der Waals surface area contributed by atoms with Gasteiger partial charge in [0, 0.05) is 51.9 Å². The van der Waals surface area contributed by atoms with Gasteiger partial charge >= 0.3 is 0 Å². The molecule has 5 rings (SSSR count). The lowest BCUT2D eigenvalue weighted by Gasteiger charge is -2.36. The van der Waals surface area contributed by atoms with Crippen molar-refractivity contribution in [3.05, 3.63) is 63.3 Å². The summed E-state index contributed by atoms with van der Waals surface area (Å²) < 4.78 is 14.1. The van der Waals surface area contributed by atoms with Gasteiger partial charge in [0.2, 0.25) is 17.6 Å². The van der Waals surface area contributed by atoms with Gasteiger partial charge in [-0.15, -0.1) is 0 Å². The molecule has 2 N–H and O–H groups in total. The van der Waals surface area contributed by atoms with Crippen LogP contribution in [0.3, 0.4) is 0 Å². The number of carbonyl (C=O) groups is 2. The number of aromatic amines is 1. The fraction of sp³-hybridized carbons (Fsp3) is 0.435. The van der Waals surface area contributed by atoms with E-state index in [0.29, 0.717) is 38.2 Å². The molecule has 3 aliphatic rings. The van der Waals surface area contributed by atoms with Crippen LogP contribution in [0.1, 0.15) is 34.9 Å². The second-order valence-corrected chi connectivity index (χ2v) is 9.30. The number of piperidine rings is 1. The highest BCUT2D eigenvalue weighted by molar-refractivity contribution is 7.80. The zero-order valence-corrected chi connectivity index (χ0v) is 19.0. The molecule has 2 aromatic rings. The summed E-state index contributed by atoms with van der Waals surface area (Å²) in [6, 6.07) is 7.61. The van der Waals surface area contributed by atoms with Gasteiger partial charge in [-0.1, -0.05) is 18.2 Å². The number of nitrogens with one attached hydrogen (secondary N) is 2. The Morgan fingerprint density at radius 3 is 2.64 bits per heavy atom. The SMILES string of the molecule is O=C1CCC(N2Cc3cc(CN4CCN(c5cc[nH]c(=O)c5F)CC4)ccc3C2S)C(=O)N1. The van der Waals surface area contributed by atoms with Crippen LogP contribution < -0.4 is 15.8 Å². The van der Waals surface area contributed by atoms with Crippen LogP contribution in [0.4, 0.5) is 10.1 Å². The highest BCUT2D eigenvalue weighted by Gasteiger charge is 2.39. The average molecular weight is 472 g/mol. The van der Waals surface area contributed by atoms with Crippen LogP contribution in [0.25, 0.3) is 0 Å². The maximum absolute atomic E-state index is 14.1. The number of amides is 2. The molecule has 2 amide bonds. The number of imide groups is 1. The number of hydrogen-bond donors (Lipinski definition) is 3. The lowest BCUT2D eigenvalue weighted by molar-refractivity contribution is -0.137. The number of halogens is 1. The van der Waals surface area contributed by atoms with Gasteiger partial charge < -0.3 is 9.88 Å². The van der Waals surface area contributed by atoms with E-state index < -0.39 is 11.4 Å². The number of benzene rings is 1. The van der Waals surface area contributed by atoms with Crippen molar-refractivity contribution in [1.82, 2.24) is 20.1 Å². The minimum absolute atomic E-state index is 0.175. The third-order valence-electron chi connectivity index (χ3n) is 6.76. The minimum Gasteiger partial charge on any atom is -0.366 e. The molecule has 2 unspecified atom stereocenters. The molecular weight excluding hydrogens is 445 g/mol. The fourth-order valence-corrected chi connectivity index (χ4v) is 5.48. The number of piperazine rings is 1. The van der Waals surface area contributed by atoms with Crippen molar-refractivity contribution in [1.29, 1.82) is 0 Å². The number of hydrogen-bond acceptors (Lipinski definition) is 7. The van der Waals surface area contributed by atoms with Gasteiger partial charge in [-0.05, 0) is 29.2 Å². The average Bonchev–Trinajstić information content (AvgIpc) is 3.12. The number of pyridine rings is 1. The van der Waals surface area contributed by atoms with Gasteiger partial charge in [-0.2, -0.15) is 17.0 Å². The molecule has 0 radical (unpaired) electrons. The van der Waals surface area contributed by atoms with Gasteiger partial charge in [-0.25, -0.2) is 0 Å². The van der Waals surface area contributed by atoms with Crippen molar-refractivity contribution in [2.75, 3.05) is 31.1 Å². The Bertz CT molecular complexity index is 1150. The van der Waals surface area contributed by atoms with Gasteiger partial charge in [0.1, 0.15) is 0 Å². The molecule has 1 aromatic carbocycles. The molecule has 8 nitrogen and oxygen atoms in total. The Kier molecular flexibility index (Phi) is 5.98. The first-order chi connectivity index (χ1) is 15.9. The van der Waals surface area contributed by atoms with E-state index in [1.807, 2.05) is 9.80 Å². The van der Waals surface area contributed by atoms with E-state index in [2.05, 4.69) is 33.4 Å². The summed E-state index contributed by atoms with van der Waals surface area (Å²) in [6.45, 7) is 4.22. The molecule has 0 aliphatic carbocycles. The minimum atomic E-state index is -0.730. The number of aromatic nitrogens is 1. The highest BCUT2D eigenvalue weighted by Crippen LogP contribution is 2.39. The molecule has 0 bridgehead atoms. The van der Waals surface area contributed by atoms with E-state index in [1.54, 1.807) is 6.07 Å². The molecule has 3 aliphatic heterocycles. The van der Waals surface area contributed by atoms with E-state index in [0.717, 1.165) is 30.8 Å². The smallest absolute Gasteiger partial charge is 0.286 e. The quantitative estimate of drug-likeness (QED) is 0.461. The molecule has 2 fully saturated rings. The number of rotatable bonds is 4. The normalized spacial score (nSPS) is 24.1. The predicted octanol–water partition coefficient (Wildman–Crippen LogP) is 1.39. The maximum Gasteiger partial charge on any atom is 0.286 e. The second-order valence-electron chi connectivity index (χ2n) is 8.82. The van der Waals surface area contributed by atoms with Gasteiger partial charge in [-0.3, -0.25) is 29.5 Å². The van der Waals surface area contributed by atoms with E-state index in [9.17, 15) is 18.8 Å². The van der Waals surface area contributed by atoms with Crippen LogP contribution in [0.5, 0.6) is 0 Å². The number of H-pyrrole nitrogens is 1. The van der Waals surface area contributed by atoms with Crippen LogP contribution in [0, 0.1) is 5.82 Å². The second kappa shape index (κ2) is 8.92. The summed E-state index contributed by atoms with van der Waals surface area (Å²) in [5.41, 5.74) is 3.09. The summed E-state index contributed by atoms with van der Waals surface area (Å²) in [6.07, 6.45) is 2.34. The summed E-state index contributed by atoms with van der Waals surface area (Å²) >= 11 is 4.75. The van der Waals surface area contributed by atoms with Crippen molar-refractivity contribution < 1.29 is 14.0 Å². The molecule has 0 spiro atoms. The van der Waals surface area contributed by atoms with Crippen molar-refractivity contribution >= 4 is 30.1 Å². The zero-order chi connectivity index (χ0) is 23.1. The van der Waals surface area contributed by atoms with Crippen molar-refractivity contribution in [2.45, 2.75) is 37.3 Å². The molecule has 4 heterocycles. The highest BCUT2D eigenvalue weighted by atomic mass is 32.1. The number of fused-ring (bicyclic) bond motifs is 1. The van der Waals surface area contributed by atoms with E-state index in [4.69, 9.17) is 12.6 Å². The number of carbonyl (C=O) groups excluding carboxylic acids is 2. The largest absolute Gasteiger partial charge is 0.366 e. The Hall–Kier alpha value is -2.69. The van der Waals surface area contributed by atoms with Gasteiger partial charge in [0.05, 0.1) is 17.1 Å². The standard InChI is InChI=1S/C23H26FN5O3S/c24-20-17(5-6-25-22(20)32)28-9-7-27(8-10-28)12-14-1-2-16-15(11-14)13-29(23(16)33)18-3-4-19(30)26-21(18)31/h1-2,5-6,11,18,23,33H,3-4,7-10,12-13H2,(H,25,32)(H,26,30,31). The number of thiol groups is 1. The Balaban J connectivity index is 1.22. The number of anilines is 1. The monoisotopic (exact) mass is 471 g/mol. The Morgan fingerprint density at radius 2 is 1.88 bits per heavy atom. The van der Waals surface area contributed by atoms with Crippen LogP contribution in [0.15, 0.2) is 35.3 Å². The maximum atomic E-state index is 14.1. The first-order valence-electron chi connectivity index (χ1n) is 11.1. The molecular formula is C23H26FN5O3S. The van der Waals surface area contributed by atoms with Crippen molar-refractivity contribution in [3.63, 3.8) is 0 Å². The number of nitrogens with zero attached hydrogens (tertiary/aromatic N) is 3. The summed E-state index contributed by atoms with van der Waals surface area (Å²) in [4.78, 5) is 44.0. The topological polar surface area (TPSA) is 88.8 Å². The van der Waals surface area contributed by atoms with Crippen LogP contribution >= 0.6 is 12.6 Å². The van der Waals surface area contributed by atoms with Crippen LogP contribution in [-0.4, -0.2) is 58.8 Å². The van der Waals surface area contributed by atoms with E-state index in [1.165, 1.54) is 11.8 Å². The predicted molar refractivity (Wildman–Crippen MR) is 124 cm³/mol. The van der Waals surface area contributed by atoms with Gasteiger partial charge in [0.15, 0.2) is 0 Å². The zero-order valence-electron chi connectivity index (χ0n) is 18.1. The first-order valence-corrected chi connectivity index (χ1v) is 11.7. The molecule has 2 saturated heterocycles. The molecule has 2 atom stereocenters. The van der Waals surface area contributed by atoms with E-state index >= 15 is 0 Å². The summed E-state index contributed by atoms with van der Waals surface area (Å²) in [5.74, 6) is -1.19. The van der Waals surface area contributed by atoms with Crippen molar-refractivity contribution in [3.8, 4) is 0 Å². The van der Waals surface area contributed by atoms with Crippen molar-refractivity contribution in [2.24, 2.45) is 0 Å². The van der Waals surface area contributed by atoms with Crippen LogP contribution in [0.2, 0.25) is 0 Å². The Labute approximate surface area is 196 Å². The lowest BCUT2D eigenvalue weighted by atomic mass is 10.0. The Morgan fingerprint density at radius 1 is 1.09 bits per heavy atom. The summed E-state index contributed by atoms with van der Waals surface area (Å²) in [5, 5.41) is 2.26. The van der Waals surface area contributed by atoms with Gasteiger partial charge in [0.25, 0.3) is 5.56 Å². The fourth-order valence-electron chi connectivity index (χ4n) is 4.99. The first kappa shape index (κ1) is 22.1. The third kappa shape index (κ3) is 4.30.